The summed E-state index contributed by atoms with van der Waals surface area (Å²) in [5.41, 5.74) is -2.06. The van der Waals surface area contributed by atoms with Crippen LogP contribution in [0.2, 0.25) is 0 Å². The molecule has 3 aliphatic rings. The van der Waals surface area contributed by atoms with Gasteiger partial charge in [-0.05, 0) is 114 Å². The van der Waals surface area contributed by atoms with E-state index < -0.39 is 35.0 Å². The number of hydrogen-bond acceptors (Lipinski definition) is 9. The van der Waals surface area contributed by atoms with Crippen molar-refractivity contribution in [1.29, 1.82) is 0 Å². The molecule has 2 N–H and O–H groups in total. The number of ether oxygens (including phenoxy) is 4. The van der Waals surface area contributed by atoms with Crippen molar-refractivity contribution in [3.8, 4) is 0 Å². The quantitative estimate of drug-likeness (QED) is 0.125. The highest BCUT2D eigenvalue weighted by Crippen LogP contribution is 2.25. The van der Waals surface area contributed by atoms with Crippen LogP contribution in [0, 0.1) is 0 Å². The summed E-state index contributed by atoms with van der Waals surface area (Å²) in [4.78, 5) is 60.0. The molecule has 0 spiro atoms. The first-order valence-corrected chi connectivity index (χ1v) is 18.7. The van der Waals surface area contributed by atoms with Gasteiger partial charge >= 0.3 is 18.2 Å². The maximum Gasteiger partial charge on any atom is 0.437 e. The van der Waals surface area contributed by atoms with Crippen LogP contribution in [-0.4, -0.2) is 107 Å². The van der Waals surface area contributed by atoms with Gasteiger partial charge in [0.15, 0.2) is 0 Å². The summed E-state index contributed by atoms with van der Waals surface area (Å²) >= 11 is 0. The zero-order valence-electron chi connectivity index (χ0n) is 32.2. The maximum absolute atomic E-state index is 14.1. The van der Waals surface area contributed by atoms with Gasteiger partial charge in [-0.3, -0.25) is 14.9 Å². The van der Waals surface area contributed by atoms with Gasteiger partial charge in [-0.1, -0.05) is 19.3 Å². The Morgan fingerprint density at radius 3 is 1.94 bits per heavy atom. The number of rotatable bonds is 9. The van der Waals surface area contributed by atoms with Gasteiger partial charge in [0, 0.05) is 38.3 Å². The minimum Gasteiger partial charge on any atom is -0.460 e. The monoisotopic (exact) mass is 707 g/mol. The summed E-state index contributed by atoms with van der Waals surface area (Å²) in [5, 5.41) is 6.19. The van der Waals surface area contributed by atoms with Crippen LogP contribution in [0.5, 0.6) is 0 Å². The van der Waals surface area contributed by atoms with Gasteiger partial charge < -0.3 is 34.1 Å². The number of esters is 1. The second kappa shape index (κ2) is 18.5. The minimum atomic E-state index is -0.796. The molecule has 50 heavy (non-hydrogen) atoms. The number of carbonyl (C=O) groups is 4. The Kier molecular flexibility index (Phi) is 15.4. The van der Waals surface area contributed by atoms with Gasteiger partial charge in [-0.15, -0.1) is 4.99 Å². The van der Waals surface area contributed by atoms with Crippen molar-refractivity contribution in [2.45, 2.75) is 180 Å². The van der Waals surface area contributed by atoms with Crippen molar-refractivity contribution in [3.63, 3.8) is 0 Å². The number of carbonyl (C=O) groups excluding carboxylic acids is 4. The standard InChI is InChI=1S/C37H65N5O8/c1-35(2,3)48-30(43)25-29(38-26-15-11-10-12-16-26)31(44)42-21-14-13-17-27(42)20-24-47-28-18-22-41(23-19-28)32(39-33(45)49-36(4,5)6)40-34(46)50-37(7,8)9/h26-29,38H,10-25H2,1-9H3,(H,39,40,45,46)/t27?,29-/m0/s1. The molecule has 13 nitrogen and oxygen atoms in total. The molecule has 286 valence electrons. The molecule has 0 aromatic heterocycles. The molecule has 3 rings (SSSR count). The van der Waals surface area contributed by atoms with E-state index in [1.165, 1.54) is 6.42 Å². The van der Waals surface area contributed by atoms with Crippen LogP contribution >= 0.6 is 0 Å². The number of likely N-dealkylation sites (tertiary alicyclic amines) is 2. The van der Waals surface area contributed by atoms with E-state index in [0.29, 0.717) is 45.5 Å². The Morgan fingerprint density at radius 1 is 0.740 bits per heavy atom. The molecule has 1 unspecified atom stereocenters. The maximum atomic E-state index is 14.1. The molecule has 1 saturated carbocycles. The summed E-state index contributed by atoms with van der Waals surface area (Å²) < 4.78 is 22.7. The van der Waals surface area contributed by atoms with Crippen LogP contribution in [0.3, 0.4) is 0 Å². The molecule has 2 heterocycles. The van der Waals surface area contributed by atoms with Crippen LogP contribution in [0.1, 0.15) is 139 Å². The van der Waals surface area contributed by atoms with Crippen molar-refractivity contribution >= 4 is 30.0 Å². The van der Waals surface area contributed by atoms with Crippen molar-refractivity contribution in [3.05, 3.63) is 0 Å². The van der Waals surface area contributed by atoms with E-state index in [1.807, 2.05) is 30.6 Å². The predicted molar refractivity (Wildman–Crippen MR) is 192 cm³/mol. The Balaban J connectivity index is 1.58. The Morgan fingerprint density at radius 2 is 1.34 bits per heavy atom. The first-order chi connectivity index (χ1) is 23.3. The molecule has 0 bridgehead atoms. The topological polar surface area (TPSA) is 148 Å². The Hall–Kier alpha value is -2.93. The third-order valence-electron chi connectivity index (χ3n) is 8.79. The lowest BCUT2D eigenvalue weighted by Crippen LogP contribution is -2.55. The highest BCUT2D eigenvalue weighted by Gasteiger charge is 2.35. The molecule has 0 aromatic carbocycles. The summed E-state index contributed by atoms with van der Waals surface area (Å²) in [6, 6.07) is -0.340. The van der Waals surface area contributed by atoms with Crippen LogP contribution in [0.15, 0.2) is 4.99 Å². The molecule has 13 heteroatoms. The third-order valence-corrected chi connectivity index (χ3v) is 8.79. The van der Waals surface area contributed by atoms with Crippen LogP contribution in [0.25, 0.3) is 0 Å². The normalized spacial score (nSPS) is 21.0. The molecule has 3 fully saturated rings. The van der Waals surface area contributed by atoms with Gasteiger partial charge in [0.25, 0.3) is 0 Å². The second-order valence-corrected chi connectivity index (χ2v) is 16.9. The van der Waals surface area contributed by atoms with Gasteiger partial charge in [0.1, 0.15) is 16.8 Å². The van der Waals surface area contributed by atoms with Crippen molar-refractivity contribution < 1.29 is 38.1 Å². The lowest BCUT2D eigenvalue weighted by atomic mass is 9.93. The fraction of sp³-hybridized carbons (Fsp3) is 0.865. The molecule has 2 aliphatic heterocycles. The molecule has 3 amide bonds. The third kappa shape index (κ3) is 15.5. The fourth-order valence-electron chi connectivity index (χ4n) is 6.66. The summed E-state index contributed by atoms with van der Waals surface area (Å²) in [5.74, 6) is -0.289. The zero-order valence-corrected chi connectivity index (χ0v) is 32.2. The average Bonchev–Trinajstić information content (AvgIpc) is 2.98. The van der Waals surface area contributed by atoms with Crippen LogP contribution in [-0.2, 0) is 28.5 Å². The number of alkyl carbamates (subject to hydrolysis) is 1. The first kappa shape index (κ1) is 41.5. The molecular weight excluding hydrogens is 642 g/mol. The van der Waals surface area contributed by atoms with E-state index in [4.69, 9.17) is 18.9 Å². The molecule has 2 atom stereocenters. The smallest absolute Gasteiger partial charge is 0.437 e. The largest absolute Gasteiger partial charge is 0.460 e. The molecule has 0 radical (unpaired) electrons. The number of nitrogens with one attached hydrogen (secondary N) is 2. The summed E-state index contributed by atoms with van der Waals surface area (Å²) in [6.45, 7) is 18.3. The molecule has 0 aromatic rings. The highest BCUT2D eigenvalue weighted by atomic mass is 16.6. The van der Waals surface area contributed by atoms with Gasteiger partial charge in [-0.25, -0.2) is 9.59 Å². The number of guanidine groups is 1. The Bertz CT molecular complexity index is 1160. The van der Waals surface area contributed by atoms with E-state index in [1.54, 1.807) is 41.5 Å². The summed E-state index contributed by atoms with van der Waals surface area (Å²) in [7, 11) is 0. The van der Waals surface area contributed by atoms with Crippen LogP contribution in [0.4, 0.5) is 9.59 Å². The highest BCUT2D eigenvalue weighted by molar-refractivity contribution is 5.99. The number of aliphatic imine (C=N–C) groups is 1. The van der Waals surface area contributed by atoms with Crippen molar-refractivity contribution in [2.24, 2.45) is 4.99 Å². The predicted octanol–water partition coefficient (Wildman–Crippen LogP) is 6.08. The molecule has 2 saturated heterocycles. The van der Waals surface area contributed by atoms with Gasteiger partial charge in [-0.2, -0.15) is 0 Å². The van der Waals surface area contributed by atoms with E-state index in [-0.39, 0.29) is 42.4 Å². The Labute approximate surface area is 299 Å². The lowest BCUT2D eigenvalue weighted by Gasteiger charge is -2.39. The van der Waals surface area contributed by atoms with E-state index in [2.05, 4.69) is 15.6 Å². The SMILES string of the molecule is CC(C)(C)OC(=O)C[C@H](NC1CCCCC1)C(=O)N1CCCCC1CCOC1CCN(/C(=N\C(=O)OC(C)(C)C)NC(=O)OC(C)(C)C)CC1. The van der Waals surface area contributed by atoms with Gasteiger partial charge in [0.05, 0.1) is 18.6 Å². The summed E-state index contributed by atoms with van der Waals surface area (Å²) in [6.07, 6.45) is 8.93. The number of amides is 3. The van der Waals surface area contributed by atoms with E-state index in [0.717, 1.165) is 44.9 Å². The number of hydrogen-bond donors (Lipinski definition) is 2. The van der Waals surface area contributed by atoms with E-state index >= 15 is 0 Å². The zero-order chi connectivity index (χ0) is 37.1. The van der Waals surface area contributed by atoms with E-state index in [9.17, 15) is 19.2 Å². The van der Waals surface area contributed by atoms with Gasteiger partial charge in [0.2, 0.25) is 11.9 Å². The second-order valence-electron chi connectivity index (χ2n) is 16.9. The molecule has 1 aliphatic carbocycles. The first-order valence-electron chi connectivity index (χ1n) is 18.7. The number of nitrogens with zero attached hydrogens (tertiary/aromatic N) is 3. The van der Waals surface area contributed by atoms with Crippen molar-refractivity contribution in [1.82, 2.24) is 20.4 Å². The fourth-order valence-corrected chi connectivity index (χ4v) is 6.66. The lowest BCUT2D eigenvalue weighted by molar-refractivity contribution is -0.158. The van der Waals surface area contributed by atoms with Crippen LogP contribution < -0.4 is 10.6 Å². The number of piperidine rings is 2. The van der Waals surface area contributed by atoms with Crippen molar-refractivity contribution in [2.75, 3.05) is 26.2 Å². The average molecular weight is 708 g/mol. The molecular formula is C37H65N5O8. The minimum absolute atomic E-state index is 0.0174.